The molecule has 3 aliphatic rings. The lowest BCUT2D eigenvalue weighted by molar-refractivity contribution is -0.137. The maximum absolute atomic E-state index is 10.6. The molecule has 4 heteroatoms. The van der Waals surface area contributed by atoms with Crippen LogP contribution < -0.4 is 0 Å². The van der Waals surface area contributed by atoms with Gasteiger partial charge in [-0.3, -0.25) is 4.79 Å². The third-order valence-corrected chi connectivity index (χ3v) is 6.36. The Bertz CT molecular complexity index is 564. The molecule has 138 valence electrons. The van der Waals surface area contributed by atoms with Crippen molar-refractivity contribution < 1.29 is 20.1 Å². The van der Waals surface area contributed by atoms with Gasteiger partial charge >= 0.3 is 5.97 Å². The van der Waals surface area contributed by atoms with Crippen LogP contribution in [0.4, 0.5) is 0 Å². The van der Waals surface area contributed by atoms with E-state index >= 15 is 0 Å². The highest BCUT2D eigenvalue weighted by molar-refractivity contribution is 5.66. The van der Waals surface area contributed by atoms with Crippen LogP contribution in [0, 0.1) is 35.5 Å². The standard InChI is InChI=1S/C21H30O4/c22-19(14-5-1-2-6-14)11-10-17-18-13-15(7-3-4-8-21(24)25)16(18)9-12-20(17)23/h7,14,16-20,22-23H,1-6,8-9,12-13H2,(H,24,25)/b15-7-/t16-,17-,18+,19?,20-/m1/s1. The van der Waals surface area contributed by atoms with Gasteiger partial charge in [0.2, 0.25) is 0 Å². The van der Waals surface area contributed by atoms with Crippen molar-refractivity contribution in [2.75, 3.05) is 0 Å². The Hall–Kier alpha value is -1.31. The lowest BCUT2D eigenvalue weighted by Gasteiger charge is -2.48. The number of carboxylic acid groups (broad SMARTS) is 1. The van der Waals surface area contributed by atoms with E-state index in [4.69, 9.17) is 5.11 Å². The van der Waals surface area contributed by atoms with Gasteiger partial charge in [0, 0.05) is 6.42 Å². The van der Waals surface area contributed by atoms with Gasteiger partial charge in [-0.1, -0.05) is 36.3 Å². The first-order valence-electron chi connectivity index (χ1n) is 9.84. The van der Waals surface area contributed by atoms with Crippen LogP contribution in [-0.4, -0.2) is 33.5 Å². The summed E-state index contributed by atoms with van der Waals surface area (Å²) in [5.41, 5.74) is 1.42. The van der Waals surface area contributed by atoms with Gasteiger partial charge in [-0.15, -0.1) is 0 Å². The quantitative estimate of drug-likeness (QED) is 0.406. The number of hydrogen-bond donors (Lipinski definition) is 3. The maximum atomic E-state index is 10.6. The molecule has 0 aromatic heterocycles. The van der Waals surface area contributed by atoms with Crippen LogP contribution in [0.15, 0.2) is 11.6 Å². The third kappa shape index (κ3) is 4.46. The van der Waals surface area contributed by atoms with Crippen LogP contribution in [0.25, 0.3) is 0 Å². The first-order chi connectivity index (χ1) is 12.1. The van der Waals surface area contributed by atoms with Gasteiger partial charge in [-0.25, -0.2) is 0 Å². The summed E-state index contributed by atoms with van der Waals surface area (Å²) in [4.78, 5) is 10.6. The lowest BCUT2D eigenvalue weighted by Crippen LogP contribution is -2.44. The van der Waals surface area contributed by atoms with Gasteiger partial charge < -0.3 is 15.3 Å². The summed E-state index contributed by atoms with van der Waals surface area (Å²) in [5, 5.41) is 29.3. The monoisotopic (exact) mass is 346 g/mol. The molecule has 4 nitrogen and oxygen atoms in total. The third-order valence-electron chi connectivity index (χ3n) is 6.36. The summed E-state index contributed by atoms with van der Waals surface area (Å²) in [6, 6.07) is 0. The van der Waals surface area contributed by atoms with Crippen molar-refractivity contribution in [2.24, 2.45) is 23.7 Å². The summed E-state index contributed by atoms with van der Waals surface area (Å²) in [5.74, 6) is 6.73. The van der Waals surface area contributed by atoms with Crippen molar-refractivity contribution in [3.8, 4) is 11.8 Å². The second-order valence-corrected chi connectivity index (χ2v) is 7.99. The summed E-state index contributed by atoms with van der Waals surface area (Å²) < 4.78 is 0. The van der Waals surface area contributed by atoms with E-state index in [9.17, 15) is 15.0 Å². The van der Waals surface area contributed by atoms with Crippen molar-refractivity contribution in [2.45, 2.75) is 76.4 Å². The summed E-state index contributed by atoms with van der Waals surface area (Å²) >= 11 is 0. The molecule has 3 saturated carbocycles. The number of fused-ring (bicyclic) bond motifs is 1. The van der Waals surface area contributed by atoms with Crippen molar-refractivity contribution in [1.82, 2.24) is 0 Å². The first kappa shape index (κ1) is 18.5. The van der Waals surface area contributed by atoms with Crippen LogP contribution >= 0.6 is 0 Å². The number of carboxylic acids is 1. The number of unbranched alkanes of at least 4 members (excludes halogenated alkanes) is 1. The molecule has 3 fully saturated rings. The number of hydrogen-bond acceptors (Lipinski definition) is 3. The number of carbonyl (C=O) groups is 1. The Labute approximate surface area is 150 Å². The molecule has 3 rings (SSSR count). The van der Waals surface area contributed by atoms with Crippen molar-refractivity contribution in [3.05, 3.63) is 11.6 Å². The van der Waals surface area contributed by atoms with E-state index in [-0.39, 0.29) is 18.4 Å². The molecular weight excluding hydrogens is 316 g/mol. The summed E-state index contributed by atoms with van der Waals surface area (Å²) in [6.07, 6.45) is 10.3. The molecule has 0 spiro atoms. The average Bonchev–Trinajstić information content (AvgIpc) is 3.09. The minimum Gasteiger partial charge on any atom is -0.481 e. The van der Waals surface area contributed by atoms with Crippen molar-refractivity contribution in [1.29, 1.82) is 0 Å². The van der Waals surface area contributed by atoms with Crippen LogP contribution in [0.2, 0.25) is 0 Å². The first-order valence-corrected chi connectivity index (χ1v) is 9.84. The normalized spacial score (nSPS) is 34.7. The van der Waals surface area contributed by atoms with Gasteiger partial charge in [0.15, 0.2) is 0 Å². The van der Waals surface area contributed by atoms with E-state index < -0.39 is 12.1 Å². The van der Waals surface area contributed by atoms with E-state index in [1.54, 1.807) is 0 Å². The summed E-state index contributed by atoms with van der Waals surface area (Å²) in [6.45, 7) is 0. The van der Waals surface area contributed by atoms with E-state index in [2.05, 4.69) is 17.9 Å². The van der Waals surface area contributed by atoms with Crippen LogP contribution in [-0.2, 0) is 4.79 Å². The highest BCUT2D eigenvalue weighted by Crippen LogP contribution is 2.51. The Morgan fingerprint density at radius 1 is 1.24 bits per heavy atom. The topological polar surface area (TPSA) is 77.8 Å². The van der Waals surface area contributed by atoms with Gasteiger partial charge in [-0.05, 0) is 62.7 Å². The van der Waals surface area contributed by atoms with Gasteiger partial charge in [0.1, 0.15) is 6.10 Å². The molecule has 0 aromatic rings. The maximum Gasteiger partial charge on any atom is 0.303 e. The summed E-state index contributed by atoms with van der Waals surface area (Å²) in [7, 11) is 0. The molecule has 0 aliphatic heterocycles. The van der Waals surface area contributed by atoms with E-state index in [0.29, 0.717) is 24.2 Å². The van der Waals surface area contributed by atoms with Gasteiger partial charge in [-0.2, -0.15) is 0 Å². The predicted octanol–water partition coefficient (Wildman–Crippen LogP) is 3.13. The minimum absolute atomic E-state index is 0.0222. The Balaban J connectivity index is 1.55. The Morgan fingerprint density at radius 2 is 2.00 bits per heavy atom. The fraction of sp³-hybridized carbons (Fsp3) is 0.762. The van der Waals surface area contributed by atoms with Crippen molar-refractivity contribution in [3.63, 3.8) is 0 Å². The minimum atomic E-state index is -0.734. The fourth-order valence-corrected chi connectivity index (χ4v) is 4.82. The number of allylic oxidation sites excluding steroid dienone is 2. The number of aliphatic carboxylic acids is 1. The van der Waals surface area contributed by atoms with Crippen LogP contribution in [0.3, 0.4) is 0 Å². The molecule has 3 N–H and O–H groups in total. The molecule has 0 radical (unpaired) electrons. The average molecular weight is 346 g/mol. The van der Waals surface area contributed by atoms with E-state index in [1.807, 2.05) is 0 Å². The predicted molar refractivity (Wildman–Crippen MR) is 95.6 cm³/mol. The van der Waals surface area contributed by atoms with E-state index in [0.717, 1.165) is 38.5 Å². The molecule has 0 heterocycles. The Kier molecular flexibility index (Phi) is 6.19. The highest BCUT2D eigenvalue weighted by Gasteiger charge is 2.46. The van der Waals surface area contributed by atoms with Gasteiger partial charge in [0.25, 0.3) is 0 Å². The number of rotatable bonds is 5. The second kappa shape index (κ2) is 8.38. The Morgan fingerprint density at radius 3 is 2.72 bits per heavy atom. The number of aliphatic hydroxyl groups excluding tert-OH is 2. The molecule has 0 bridgehead atoms. The van der Waals surface area contributed by atoms with E-state index in [1.165, 1.54) is 18.4 Å². The molecule has 0 aromatic carbocycles. The smallest absolute Gasteiger partial charge is 0.303 e. The van der Waals surface area contributed by atoms with Crippen LogP contribution in [0.5, 0.6) is 0 Å². The zero-order valence-corrected chi connectivity index (χ0v) is 14.9. The zero-order valence-electron chi connectivity index (χ0n) is 14.9. The molecule has 0 saturated heterocycles. The highest BCUT2D eigenvalue weighted by atomic mass is 16.4. The van der Waals surface area contributed by atoms with Gasteiger partial charge in [0.05, 0.1) is 12.0 Å². The fourth-order valence-electron chi connectivity index (χ4n) is 4.82. The molecule has 5 atom stereocenters. The zero-order chi connectivity index (χ0) is 17.8. The lowest BCUT2D eigenvalue weighted by atomic mass is 9.57. The van der Waals surface area contributed by atoms with Crippen LogP contribution in [0.1, 0.15) is 64.2 Å². The molecule has 0 amide bonds. The SMILES string of the molecule is O=C(O)CCC/C=C1/C[C@@H]2[C@@H](C#CC(O)C3CCCC3)[C@H](O)CC[C@H]12. The molecule has 3 aliphatic carbocycles. The molecular formula is C21H30O4. The molecule has 25 heavy (non-hydrogen) atoms. The second-order valence-electron chi connectivity index (χ2n) is 7.99. The van der Waals surface area contributed by atoms with Crippen molar-refractivity contribution >= 4 is 5.97 Å². The largest absolute Gasteiger partial charge is 0.481 e. The molecule has 1 unspecified atom stereocenters. The number of aliphatic hydroxyl groups is 2.